The van der Waals surface area contributed by atoms with Crippen LogP contribution in [0.25, 0.3) is 0 Å². The summed E-state index contributed by atoms with van der Waals surface area (Å²) >= 11 is 0. The van der Waals surface area contributed by atoms with Crippen LogP contribution in [0.1, 0.15) is 48.1 Å². The Balaban J connectivity index is 1.73. The molecule has 3 aromatic rings. The van der Waals surface area contributed by atoms with Gasteiger partial charge in [0.05, 0.1) is 28.2 Å². The highest BCUT2D eigenvalue weighted by Gasteiger charge is 2.37. The molecular formula is C25H26N6O6. The first kappa shape index (κ1) is 25.5. The average Bonchev–Trinajstić information content (AvgIpc) is 3.29. The van der Waals surface area contributed by atoms with E-state index in [1.54, 1.807) is 44.2 Å². The number of aromatic nitrogens is 3. The van der Waals surface area contributed by atoms with Crippen molar-refractivity contribution in [3.8, 4) is 0 Å². The largest absolute Gasteiger partial charge is 0.462 e. The topological polar surface area (TPSA) is 162 Å². The number of benzene rings is 2. The number of allylic oxidation sites excluding steroid dienone is 1. The third-order valence-corrected chi connectivity index (χ3v) is 5.78. The number of nitro groups is 1. The number of nitro benzene ring substituents is 1. The lowest BCUT2D eigenvalue weighted by molar-refractivity contribution is -0.385. The highest BCUT2D eigenvalue weighted by molar-refractivity contribution is 6.06. The minimum absolute atomic E-state index is 0.0369. The van der Waals surface area contributed by atoms with Gasteiger partial charge in [-0.2, -0.15) is 10.1 Å². The number of esters is 1. The summed E-state index contributed by atoms with van der Waals surface area (Å²) in [5.41, 5.74) is 1.55. The maximum atomic E-state index is 13.6. The van der Waals surface area contributed by atoms with Crippen molar-refractivity contribution < 1.29 is 24.4 Å². The van der Waals surface area contributed by atoms with Gasteiger partial charge in [0.2, 0.25) is 5.95 Å². The Kier molecular flexibility index (Phi) is 7.58. The van der Waals surface area contributed by atoms with E-state index in [0.29, 0.717) is 41.6 Å². The van der Waals surface area contributed by atoms with Crippen LogP contribution in [0.3, 0.4) is 0 Å². The number of aryl methyl sites for hydroxylation is 1. The van der Waals surface area contributed by atoms with Crippen LogP contribution >= 0.6 is 0 Å². The second-order valence-corrected chi connectivity index (χ2v) is 8.26. The molecule has 1 aromatic heterocycles. The molecule has 0 bridgehead atoms. The van der Waals surface area contributed by atoms with E-state index in [1.807, 2.05) is 0 Å². The van der Waals surface area contributed by atoms with Gasteiger partial charge in [-0.25, -0.2) is 9.48 Å². The number of aliphatic hydroxyl groups excluding tert-OH is 1. The molecule has 1 atom stereocenters. The zero-order valence-electron chi connectivity index (χ0n) is 20.3. The summed E-state index contributed by atoms with van der Waals surface area (Å²) in [5.74, 6) is -0.203. The molecule has 1 aliphatic rings. The molecule has 0 radical (unpaired) electrons. The van der Waals surface area contributed by atoms with E-state index < -0.39 is 22.8 Å². The van der Waals surface area contributed by atoms with E-state index in [0.717, 1.165) is 0 Å². The summed E-state index contributed by atoms with van der Waals surface area (Å²) in [5, 5.41) is 31.5. The number of anilines is 2. The van der Waals surface area contributed by atoms with Crippen molar-refractivity contribution in [2.45, 2.75) is 32.7 Å². The first-order valence-electron chi connectivity index (χ1n) is 11.7. The van der Waals surface area contributed by atoms with Crippen LogP contribution in [0.15, 0.2) is 59.8 Å². The maximum absolute atomic E-state index is 13.6. The van der Waals surface area contributed by atoms with Crippen LogP contribution < -0.4 is 10.6 Å². The fourth-order valence-electron chi connectivity index (χ4n) is 4.11. The highest BCUT2D eigenvalue weighted by Crippen LogP contribution is 2.39. The maximum Gasteiger partial charge on any atom is 0.338 e. The molecule has 2 heterocycles. The number of nitrogens with zero attached hydrogens (tertiary/aromatic N) is 4. The fraction of sp³-hybridized carbons (Fsp3) is 0.280. The standard InChI is InChI=1S/C25H26N6O6/c1-3-37-24(34)16-10-12-17(13-11-16)27-23(33)21-15(2)26-25-28-20(9-6-14-32)29-30(25)22(21)18-7-4-5-8-19(18)31(35)36/h4-5,7-8,10-13,22,32H,3,6,9,14H2,1-2H3,(H,27,33)(H,26,28,29). The van der Waals surface area contributed by atoms with Gasteiger partial charge in [-0.3, -0.25) is 14.9 Å². The van der Waals surface area contributed by atoms with Crippen molar-refractivity contribution >= 4 is 29.2 Å². The molecule has 12 nitrogen and oxygen atoms in total. The summed E-state index contributed by atoms with van der Waals surface area (Å²) in [6.07, 6.45) is 0.844. The van der Waals surface area contributed by atoms with Gasteiger partial charge < -0.3 is 20.5 Å². The quantitative estimate of drug-likeness (QED) is 0.225. The number of para-hydroxylation sites is 1. The lowest BCUT2D eigenvalue weighted by atomic mass is 9.93. The Morgan fingerprint density at radius 3 is 2.62 bits per heavy atom. The van der Waals surface area contributed by atoms with Crippen molar-refractivity contribution in [3.63, 3.8) is 0 Å². The summed E-state index contributed by atoms with van der Waals surface area (Å²) in [7, 11) is 0. The highest BCUT2D eigenvalue weighted by atomic mass is 16.6. The molecule has 1 amide bonds. The molecule has 4 rings (SSSR count). The van der Waals surface area contributed by atoms with Crippen LogP contribution in [0.4, 0.5) is 17.3 Å². The smallest absolute Gasteiger partial charge is 0.338 e. The summed E-state index contributed by atoms with van der Waals surface area (Å²) in [4.78, 5) is 41.3. The summed E-state index contributed by atoms with van der Waals surface area (Å²) < 4.78 is 6.44. The summed E-state index contributed by atoms with van der Waals surface area (Å²) in [6, 6.07) is 11.5. The molecule has 0 aliphatic carbocycles. The molecule has 2 aromatic carbocycles. The Labute approximate surface area is 212 Å². The number of hydrogen-bond donors (Lipinski definition) is 3. The predicted octanol–water partition coefficient (Wildman–Crippen LogP) is 3.22. The molecule has 1 unspecified atom stereocenters. The molecule has 0 saturated heterocycles. The number of amides is 1. The van der Waals surface area contributed by atoms with Crippen molar-refractivity contribution in [3.05, 3.63) is 86.9 Å². The van der Waals surface area contributed by atoms with Gasteiger partial charge in [0.1, 0.15) is 6.04 Å². The van der Waals surface area contributed by atoms with Gasteiger partial charge >= 0.3 is 5.97 Å². The van der Waals surface area contributed by atoms with Gasteiger partial charge in [0.15, 0.2) is 5.82 Å². The number of ether oxygens (including phenoxy) is 1. The Morgan fingerprint density at radius 2 is 1.95 bits per heavy atom. The molecular weight excluding hydrogens is 480 g/mol. The number of fused-ring (bicyclic) bond motifs is 1. The normalized spacial score (nSPS) is 14.5. The van der Waals surface area contributed by atoms with E-state index in [4.69, 9.17) is 4.74 Å². The van der Waals surface area contributed by atoms with Crippen LogP contribution in [-0.2, 0) is 16.0 Å². The van der Waals surface area contributed by atoms with Crippen LogP contribution in [-0.4, -0.2) is 49.9 Å². The van der Waals surface area contributed by atoms with Gasteiger partial charge in [-0.05, 0) is 50.6 Å². The monoisotopic (exact) mass is 506 g/mol. The van der Waals surface area contributed by atoms with Gasteiger partial charge in [-0.1, -0.05) is 12.1 Å². The van der Waals surface area contributed by atoms with E-state index in [1.165, 1.54) is 22.9 Å². The van der Waals surface area contributed by atoms with Crippen molar-refractivity contribution in [2.24, 2.45) is 0 Å². The number of carbonyl (C=O) groups excluding carboxylic acids is 2. The average molecular weight is 507 g/mol. The van der Waals surface area contributed by atoms with E-state index in [-0.39, 0.29) is 30.0 Å². The van der Waals surface area contributed by atoms with Gasteiger partial charge in [-0.15, -0.1) is 0 Å². The minimum atomic E-state index is -0.938. The van der Waals surface area contributed by atoms with Crippen molar-refractivity contribution in [2.75, 3.05) is 23.8 Å². The molecule has 3 N–H and O–H groups in total. The second-order valence-electron chi connectivity index (χ2n) is 8.26. The first-order chi connectivity index (χ1) is 17.8. The number of hydrogen-bond acceptors (Lipinski definition) is 9. The molecule has 192 valence electrons. The zero-order chi connectivity index (χ0) is 26.5. The number of carbonyl (C=O) groups is 2. The number of nitrogens with one attached hydrogen (secondary N) is 2. The molecule has 0 fully saturated rings. The second kappa shape index (κ2) is 11.0. The fourth-order valence-corrected chi connectivity index (χ4v) is 4.11. The minimum Gasteiger partial charge on any atom is -0.462 e. The Morgan fingerprint density at radius 1 is 1.22 bits per heavy atom. The number of aliphatic hydroxyl groups is 1. The summed E-state index contributed by atoms with van der Waals surface area (Å²) in [6.45, 7) is 3.61. The molecule has 0 spiro atoms. The molecule has 37 heavy (non-hydrogen) atoms. The lowest BCUT2D eigenvalue weighted by Crippen LogP contribution is -2.32. The van der Waals surface area contributed by atoms with Crippen LogP contribution in [0, 0.1) is 10.1 Å². The molecule has 0 saturated carbocycles. The van der Waals surface area contributed by atoms with Gasteiger partial charge in [0, 0.05) is 30.5 Å². The molecule has 12 heteroatoms. The van der Waals surface area contributed by atoms with E-state index in [9.17, 15) is 24.8 Å². The third kappa shape index (κ3) is 5.33. The third-order valence-electron chi connectivity index (χ3n) is 5.78. The van der Waals surface area contributed by atoms with Crippen LogP contribution in [0.5, 0.6) is 0 Å². The predicted molar refractivity (Wildman–Crippen MR) is 134 cm³/mol. The Bertz CT molecular complexity index is 1360. The van der Waals surface area contributed by atoms with E-state index in [2.05, 4.69) is 20.7 Å². The number of rotatable bonds is 9. The SMILES string of the molecule is CCOC(=O)c1ccc(NC(=O)C2=C(C)Nc3nc(CCCO)nn3C2c2ccccc2[N+](=O)[O-])cc1. The first-order valence-corrected chi connectivity index (χ1v) is 11.7. The van der Waals surface area contributed by atoms with Crippen molar-refractivity contribution in [1.29, 1.82) is 0 Å². The van der Waals surface area contributed by atoms with Crippen LogP contribution in [0.2, 0.25) is 0 Å². The van der Waals surface area contributed by atoms with E-state index >= 15 is 0 Å². The zero-order valence-corrected chi connectivity index (χ0v) is 20.3. The lowest BCUT2D eigenvalue weighted by Gasteiger charge is -2.28. The Hall–Kier alpha value is -4.58. The van der Waals surface area contributed by atoms with Crippen molar-refractivity contribution in [1.82, 2.24) is 14.8 Å². The molecule has 1 aliphatic heterocycles. The van der Waals surface area contributed by atoms with Gasteiger partial charge in [0.25, 0.3) is 11.6 Å².